The lowest BCUT2D eigenvalue weighted by molar-refractivity contribution is -0.141. The minimum Gasteiger partial charge on any atom is -0.495 e. The molecule has 2 rings (SSSR count). The summed E-state index contributed by atoms with van der Waals surface area (Å²) < 4.78 is 31.7. The van der Waals surface area contributed by atoms with Gasteiger partial charge in [0.15, 0.2) is 0 Å². The number of nitrogens with zero attached hydrogens (tertiary/aromatic N) is 2. The molecule has 1 N–H and O–H groups in total. The Kier molecular flexibility index (Phi) is 12.0. The number of sulfonamides is 1. The van der Waals surface area contributed by atoms with Crippen LogP contribution in [0.1, 0.15) is 45.1 Å². The van der Waals surface area contributed by atoms with E-state index < -0.39 is 16.1 Å². The third-order valence-corrected chi connectivity index (χ3v) is 7.72. The SMILES string of the molecule is CCCNC(=O)C(CC)N(Cc1c(Cl)cccc1Cl)C(=O)CCCN(c1ccccc1OC)S(C)(=O)=O. The lowest BCUT2D eigenvalue weighted by Gasteiger charge is -2.31. The van der Waals surface area contributed by atoms with Gasteiger partial charge >= 0.3 is 0 Å². The number of rotatable bonds is 14. The first-order valence-electron chi connectivity index (χ1n) is 12.2. The van der Waals surface area contributed by atoms with Crippen LogP contribution in [0.5, 0.6) is 5.75 Å². The number of para-hydroxylation sites is 2. The van der Waals surface area contributed by atoms with Crippen molar-refractivity contribution in [1.82, 2.24) is 10.2 Å². The van der Waals surface area contributed by atoms with E-state index in [2.05, 4.69) is 5.32 Å². The summed E-state index contributed by atoms with van der Waals surface area (Å²) in [6.45, 7) is 4.38. The summed E-state index contributed by atoms with van der Waals surface area (Å²) in [7, 11) is -2.18. The van der Waals surface area contributed by atoms with Gasteiger partial charge in [-0.05, 0) is 43.5 Å². The van der Waals surface area contributed by atoms with Crippen LogP contribution >= 0.6 is 23.2 Å². The molecule has 2 aromatic carbocycles. The maximum atomic E-state index is 13.5. The minimum atomic E-state index is -3.64. The van der Waals surface area contributed by atoms with Gasteiger partial charge < -0.3 is 15.0 Å². The van der Waals surface area contributed by atoms with Gasteiger partial charge in [-0.3, -0.25) is 13.9 Å². The average Bonchev–Trinajstić information content (AvgIpc) is 2.86. The molecule has 0 spiro atoms. The molecule has 0 bridgehead atoms. The van der Waals surface area contributed by atoms with E-state index in [1.165, 1.54) is 16.3 Å². The topological polar surface area (TPSA) is 96.0 Å². The fourth-order valence-corrected chi connectivity index (χ4v) is 5.44. The van der Waals surface area contributed by atoms with Crippen molar-refractivity contribution in [1.29, 1.82) is 0 Å². The number of amides is 2. The zero-order valence-corrected chi connectivity index (χ0v) is 24.0. The molecule has 11 heteroatoms. The zero-order chi connectivity index (χ0) is 27.6. The van der Waals surface area contributed by atoms with Gasteiger partial charge in [0.2, 0.25) is 21.8 Å². The second-order valence-electron chi connectivity index (χ2n) is 8.55. The summed E-state index contributed by atoms with van der Waals surface area (Å²) in [6.07, 6.45) is 2.50. The molecular weight excluding hydrogens is 537 g/mol. The molecule has 1 unspecified atom stereocenters. The van der Waals surface area contributed by atoms with Gasteiger partial charge in [0.25, 0.3) is 0 Å². The van der Waals surface area contributed by atoms with Crippen molar-refractivity contribution in [3.63, 3.8) is 0 Å². The number of carbonyl (C=O) groups excluding carboxylic acids is 2. The summed E-state index contributed by atoms with van der Waals surface area (Å²) in [5.74, 6) is -0.150. The third-order valence-electron chi connectivity index (χ3n) is 5.83. The van der Waals surface area contributed by atoms with E-state index in [0.29, 0.717) is 40.0 Å². The van der Waals surface area contributed by atoms with E-state index in [9.17, 15) is 18.0 Å². The second-order valence-corrected chi connectivity index (χ2v) is 11.3. The molecule has 0 aliphatic carbocycles. The Labute approximate surface area is 229 Å². The molecule has 0 aliphatic rings. The fraction of sp³-hybridized carbons (Fsp3) is 0.462. The molecule has 204 valence electrons. The molecular formula is C26H35Cl2N3O5S. The fourth-order valence-electron chi connectivity index (χ4n) is 3.96. The van der Waals surface area contributed by atoms with Crippen LogP contribution in [0.15, 0.2) is 42.5 Å². The largest absolute Gasteiger partial charge is 0.495 e. The normalized spacial score (nSPS) is 12.1. The first-order chi connectivity index (χ1) is 17.5. The van der Waals surface area contributed by atoms with Crippen LogP contribution in [0.25, 0.3) is 0 Å². The van der Waals surface area contributed by atoms with E-state index in [-0.39, 0.29) is 37.7 Å². The summed E-state index contributed by atoms with van der Waals surface area (Å²) in [4.78, 5) is 27.9. The highest BCUT2D eigenvalue weighted by Crippen LogP contribution is 2.30. The van der Waals surface area contributed by atoms with Crippen molar-refractivity contribution in [3.05, 3.63) is 58.1 Å². The zero-order valence-electron chi connectivity index (χ0n) is 21.7. The Hall–Kier alpha value is -2.49. The minimum absolute atomic E-state index is 0.0147. The maximum Gasteiger partial charge on any atom is 0.242 e. The second kappa shape index (κ2) is 14.4. The number of ether oxygens (including phenoxy) is 1. The van der Waals surface area contributed by atoms with Crippen LogP contribution in [0.3, 0.4) is 0 Å². The third kappa shape index (κ3) is 8.51. The average molecular weight is 573 g/mol. The first-order valence-corrected chi connectivity index (χ1v) is 14.8. The monoisotopic (exact) mass is 571 g/mol. The lowest BCUT2D eigenvalue weighted by atomic mass is 10.1. The molecule has 0 radical (unpaired) electrons. The van der Waals surface area contributed by atoms with E-state index in [0.717, 1.165) is 12.7 Å². The number of hydrogen-bond donors (Lipinski definition) is 1. The highest BCUT2D eigenvalue weighted by Gasteiger charge is 2.30. The van der Waals surface area contributed by atoms with Crippen LogP contribution < -0.4 is 14.4 Å². The smallest absolute Gasteiger partial charge is 0.242 e. The molecule has 0 aliphatic heterocycles. The van der Waals surface area contributed by atoms with Crippen molar-refractivity contribution < 1.29 is 22.7 Å². The summed E-state index contributed by atoms with van der Waals surface area (Å²) in [6, 6.07) is 11.1. The predicted molar refractivity (Wildman–Crippen MR) is 149 cm³/mol. The van der Waals surface area contributed by atoms with Crippen LogP contribution in [0.4, 0.5) is 5.69 Å². The van der Waals surface area contributed by atoms with Crippen LogP contribution in [-0.4, -0.2) is 57.6 Å². The maximum absolute atomic E-state index is 13.5. The Balaban J connectivity index is 2.29. The molecule has 1 atom stereocenters. The van der Waals surface area contributed by atoms with E-state index in [1.807, 2.05) is 13.8 Å². The van der Waals surface area contributed by atoms with E-state index in [4.69, 9.17) is 27.9 Å². The number of carbonyl (C=O) groups is 2. The molecule has 8 nitrogen and oxygen atoms in total. The van der Waals surface area contributed by atoms with Crippen molar-refractivity contribution in [3.8, 4) is 5.75 Å². The Morgan fingerprint density at radius 3 is 2.27 bits per heavy atom. The number of nitrogens with one attached hydrogen (secondary N) is 1. The van der Waals surface area contributed by atoms with Gasteiger partial charge in [0.1, 0.15) is 11.8 Å². The van der Waals surface area contributed by atoms with Gasteiger partial charge in [-0.2, -0.15) is 0 Å². The molecule has 0 heterocycles. The quantitative estimate of drug-likeness (QED) is 0.348. The van der Waals surface area contributed by atoms with E-state index >= 15 is 0 Å². The lowest BCUT2D eigenvalue weighted by Crippen LogP contribution is -2.49. The van der Waals surface area contributed by atoms with Crippen LogP contribution in [0, 0.1) is 0 Å². The molecule has 0 saturated heterocycles. The van der Waals surface area contributed by atoms with Crippen molar-refractivity contribution in [2.45, 2.75) is 52.1 Å². The van der Waals surface area contributed by atoms with Gasteiger partial charge in [-0.15, -0.1) is 0 Å². The highest BCUT2D eigenvalue weighted by atomic mass is 35.5. The molecule has 2 amide bonds. The number of anilines is 1. The van der Waals surface area contributed by atoms with Gasteiger partial charge in [-0.1, -0.05) is 55.2 Å². The highest BCUT2D eigenvalue weighted by molar-refractivity contribution is 7.92. The first kappa shape index (κ1) is 30.7. The number of hydrogen-bond acceptors (Lipinski definition) is 5. The van der Waals surface area contributed by atoms with Gasteiger partial charge in [0.05, 0.1) is 19.1 Å². The number of methoxy groups -OCH3 is 1. The van der Waals surface area contributed by atoms with Crippen LogP contribution in [-0.2, 0) is 26.2 Å². The molecule has 0 fully saturated rings. The van der Waals surface area contributed by atoms with Crippen molar-refractivity contribution in [2.24, 2.45) is 0 Å². The van der Waals surface area contributed by atoms with Crippen molar-refractivity contribution >= 4 is 50.7 Å². The van der Waals surface area contributed by atoms with E-state index in [1.54, 1.807) is 42.5 Å². The summed E-state index contributed by atoms with van der Waals surface area (Å²) in [5, 5.41) is 3.66. The van der Waals surface area contributed by atoms with Gasteiger partial charge in [0, 0.05) is 41.7 Å². The number of benzene rings is 2. The Morgan fingerprint density at radius 1 is 1.05 bits per heavy atom. The predicted octanol–water partition coefficient (Wildman–Crippen LogP) is 4.88. The molecule has 37 heavy (non-hydrogen) atoms. The Morgan fingerprint density at radius 2 is 1.70 bits per heavy atom. The summed E-state index contributed by atoms with van der Waals surface area (Å²) >= 11 is 12.7. The van der Waals surface area contributed by atoms with Crippen LogP contribution in [0.2, 0.25) is 10.0 Å². The standard InChI is InChI=1S/C26H35Cl2N3O5S/c1-5-16-29-26(33)22(6-2)30(18-19-20(27)11-9-12-21(19)28)25(32)15-10-17-31(37(4,34)35)23-13-7-8-14-24(23)36-3/h7-9,11-14,22H,5-6,10,15-18H2,1-4H3,(H,29,33). The number of halogens is 2. The molecule has 0 aromatic heterocycles. The summed E-state index contributed by atoms with van der Waals surface area (Å²) in [5.41, 5.74) is 0.942. The van der Waals surface area contributed by atoms with Gasteiger partial charge in [-0.25, -0.2) is 8.42 Å². The van der Waals surface area contributed by atoms with Crippen molar-refractivity contribution in [2.75, 3.05) is 30.8 Å². The molecule has 0 saturated carbocycles. The Bertz CT molecular complexity index is 1160. The molecule has 2 aromatic rings.